The Balaban J connectivity index is 0.00000142. The molecule has 1 aliphatic rings. The molecule has 0 aliphatic heterocycles. The summed E-state index contributed by atoms with van der Waals surface area (Å²) in [5.74, 6) is -0.000828. The van der Waals surface area contributed by atoms with Crippen LogP contribution in [0.4, 0.5) is 4.39 Å². The number of hydrogen-bond acceptors (Lipinski definition) is 8. The summed E-state index contributed by atoms with van der Waals surface area (Å²) in [7, 11) is 3.48. The van der Waals surface area contributed by atoms with Gasteiger partial charge in [-0.15, -0.1) is 0 Å². The molecule has 10 nitrogen and oxygen atoms in total. The summed E-state index contributed by atoms with van der Waals surface area (Å²) >= 11 is 0. The Hall–Kier alpha value is -3.83. The molecule has 0 radical (unpaired) electrons. The zero-order valence-corrected chi connectivity index (χ0v) is 26.1. The monoisotopic (exact) mass is 601 g/mol. The number of aliphatic hydroxyl groups excluding tert-OH is 1. The van der Waals surface area contributed by atoms with Crippen LogP contribution in [0.25, 0.3) is 5.70 Å². The highest BCUT2D eigenvalue weighted by molar-refractivity contribution is 5.77. The van der Waals surface area contributed by atoms with Crippen LogP contribution in [-0.4, -0.2) is 72.1 Å². The molecule has 1 aliphatic carbocycles. The minimum Gasteiger partial charge on any atom is -0.512 e. The first-order valence-corrected chi connectivity index (χ1v) is 14.8. The van der Waals surface area contributed by atoms with Gasteiger partial charge in [-0.25, -0.2) is 9.07 Å². The standard InChI is InChI=1S/C28H37FN4O4.C2H5NO.C2H6/c1-21(6-5-12-34)32(2)19-23-15-28(27(29)14-24(23)20-35)37-13-4-3-11-30-16-22-17-31-33(18-22)25-7-9-26(36)10-8-25;1-3-2-4;1-2/h7,9,12,14-15,17-18,20-21,30,36H,3-6,8,10-11,13,16,19H2,1-2H3;2H,1H3,(H,3,4);1-2H3. The second kappa shape index (κ2) is 21.8. The van der Waals surface area contributed by atoms with Crippen molar-refractivity contribution in [3.8, 4) is 5.75 Å². The number of nitrogens with zero attached hydrogens (tertiary/aromatic N) is 3. The van der Waals surface area contributed by atoms with Crippen molar-refractivity contribution in [2.75, 3.05) is 27.2 Å². The maximum absolute atomic E-state index is 14.5. The van der Waals surface area contributed by atoms with E-state index in [1.165, 1.54) is 6.07 Å². The van der Waals surface area contributed by atoms with Crippen LogP contribution in [-0.2, 0) is 22.7 Å². The number of rotatable bonds is 17. The SMILES string of the molecule is CC.CC(CCC=O)N(C)Cc1cc(OCCCCNCc2cnn(C3=CC=C(O)CC3)c2)c(F)cc1C=O.CNC=O. The van der Waals surface area contributed by atoms with Crippen molar-refractivity contribution in [1.82, 2.24) is 25.3 Å². The number of unbranched alkanes of at least 4 members (excludes halogenated alkanes) is 1. The Kier molecular flexibility index (Phi) is 18.9. The molecular formula is C32H48FN5O5. The molecule has 0 fully saturated rings. The molecule has 0 saturated heterocycles. The number of amides is 1. The third-order valence-corrected chi connectivity index (χ3v) is 6.68. The molecule has 1 unspecified atom stereocenters. The van der Waals surface area contributed by atoms with E-state index in [1.54, 1.807) is 19.2 Å². The van der Waals surface area contributed by atoms with Crippen LogP contribution in [0.5, 0.6) is 5.75 Å². The molecule has 43 heavy (non-hydrogen) atoms. The minimum absolute atomic E-state index is 0.148. The summed E-state index contributed by atoms with van der Waals surface area (Å²) in [5, 5.41) is 19.5. The van der Waals surface area contributed by atoms with Gasteiger partial charge in [-0.3, -0.25) is 14.5 Å². The number of nitrogens with one attached hydrogen (secondary N) is 2. The Morgan fingerprint density at radius 3 is 2.56 bits per heavy atom. The van der Waals surface area contributed by atoms with Gasteiger partial charge in [0.2, 0.25) is 6.41 Å². The number of allylic oxidation sites excluding steroid dienone is 4. The molecule has 11 heteroatoms. The number of aliphatic hydroxyl groups is 1. The fourth-order valence-electron chi connectivity index (χ4n) is 4.10. The van der Waals surface area contributed by atoms with E-state index >= 15 is 0 Å². The predicted octanol–water partition coefficient (Wildman–Crippen LogP) is 5.05. The molecule has 1 aromatic heterocycles. The number of carbonyl (C=O) groups is 3. The van der Waals surface area contributed by atoms with Gasteiger partial charge in [-0.2, -0.15) is 5.10 Å². The first-order chi connectivity index (χ1) is 20.8. The first kappa shape index (κ1) is 37.2. The number of hydrogen-bond donors (Lipinski definition) is 3. The van der Waals surface area contributed by atoms with Crippen molar-refractivity contribution in [1.29, 1.82) is 0 Å². The molecule has 1 atom stereocenters. The molecule has 1 amide bonds. The van der Waals surface area contributed by atoms with Crippen LogP contribution in [0.3, 0.4) is 0 Å². The lowest BCUT2D eigenvalue weighted by atomic mass is 10.1. The summed E-state index contributed by atoms with van der Waals surface area (Å²) in [6, 6.07) is 2.99. The summed E-state index contributed by atoms with van der Waals surface area (Å²) in [6.45, 7) is 8.33. The van der Waals surface area contributed by atoms with Crippen molar-refractivity contribution < 1.29 is 28.6 Å². The van der Waals surface area contributed by atoms with Gasteiger partial charge in [-0.1, -0.05) is 13.8 Å². The average molecular weight is 602 g/mol. The summed E-state index contributed by atoms with van der Waals surface area (Å²) in [4.78, 5) is 33.2. The topological polar surface area (TPSA) is 126 Å². The molecule has 1 heterocycles. The lowest BCUT2D eigenvalue weighted by Gasteiger charge is -2.25. The average Bonchev–Trinajstić information content (AvgIpc) is 3.50. The van der Waals surface area contributed by atoms with Gasteiger partial charge in [0.05, 0.1) is 18.6 Å². The largest absolute Gasteiger partial charge is 0.512 e. The summed E-state index contributed by atoms with van der Waals surface area (Å²) in [5.41, 5.74) is 3.13. The highest BCUT2D eigenvalue weighted by atomic mass is 19.1. The van der Waals surface area contributed by atoms with E-state index < -0.39 is 5.82 Å². The van der Waals surface area contributed by atoms with E-state index in [4.69, 9.17) is 9.53 Å². The zero-order valence-electron chi connectivity index (χ0n) is 26.1. The van der Waals surface area contributed by atoms with Gasteiger partial charge >= 0.3 is 0 Å². The van der Waals surface area contributed by atoms with E-state index in [0.717, 1.165) is 49.8 Å². The molecule has 0 bridgehead atoms. The normalized spacial score (nSPS) is 12.9. The van der Waals surface area contributed by atoms with Crippen molar-refractivity contribution >= 4 is 24.7 Å². The van der Waals surface area contributed by atoms with Crippen LogP contribution in [0.2, 0.25) is 0 Å². The zero-order chi connectivity index (χ0) is 32.0. The molecule has 3 rings (SSSR count). The van der Waals surface area contributed by atoms with Crippen LogP contribution in [0, 0.1) is 5.82 Å². The van der Waals surface area contributed by atoms with Gasteiger partial charge in [0.15, 0.2) is 11.6 Å². The smallest absolute Gasteiger partial charge is 0.206 e. The van der Waals surface area contributed by atoms with E-state index in [0.29, 0.717) is 62.1 Å². The third-order valence-electron chi connectivity index (χ3n) is 6.68. The first-order valence-electron chi connectivity index (χ1n) is 14.8. The second-order valence-electron chi connectivity index (χ2n) is 9.86. The van der Waals surface area contributed by atoms with Gasteiger partial charge in [0.25, 0.3) is 0 Å². The number of benzene rings is 1. The van der Waals surface area contributed by atoms with Crippen molar-refractivity contribution in [3.63, 3.8) is 0 Å². The van der Waals surface area contributed by atoms with E-state index in [1.807, 2.05) is 55.9 Å². The molecule has 1 aromatic carbocycles. The van der Waals surface area contributed by atoms with Gasteiger partial charge in [0, 0.05) is 62.0 Å². The Morgan fingerprint density at radius 2 is 1.93 bits per heavy atom. The molecule has 3 N–H and O–H groups in total. The van der Waals surface area contributed by atoms with Crippen LogP contribution >= 0.6 is 0 Å². The van der Waals surface area contributed by atoms with Gasteiger partial charge < -0.3 is 25.3 Å². The maximum Gasteiger partial charge on any atom is 0.206 e. The van der Waals surface area contributed by atoms with Crippen LogP contribution in [0.15, 0.2) is 42.4 Å². The van der Waals surface area contributed by atoms with E-state index in [2.05, 4.69) is 15.7 Å². The predicted molar refractivity (Wildman–Crippen MR) is 167 cm³/mol. The Morgan fingerprint density at radius 1 is 1.19 bits per heavy atom. The molecule has 2 aromatic rings. The highest BCUT2D eigenvalue weighted by Crippen LogP contribution is 2.24. The van der Waals surface area contributed by atoms with Gasteiger partial charge in [-0.05, 0) is 76.0 Å². The number of aldehydes is 2. The molecule has 238 valence electrons. The highest BCUT2D eigenvalue weighted by Gasteiger charge is 2.15. The lowest BCUT2D eigenvalue weighted by Crippen LogP contribution is -2.29. The third kappa shape index (κ3) is 13.8. The Labute approximate surface area is 255 Å². The number of aromatic nitrogens is 2. The fourth-order valence-corrected chi connectivity index (χ4v) is 4.10. The van der Waals surface area contributed by atoms with Crippen molar-refractivity contribution in [2.45, 2.75) is 78.4 Å². The van der Waals surface area contributed by atoms with Gasteiger partial charge in [0.1, 0.15) is 12.6 Å². The molecule has 0 spiro atoms. The van der Waals surface area contributed by atoms with Crippen molar-refractivity contribution in [2.24, 2.45) is 0 Å². The summed E-state index contributed by atoms with van der Waals surface area (Å²) in [6.07, 6.45) is 13.8. The molecule has 0 saturated carbocycles. The fraction of sp³-hybridized carbons (Fsp3) is 0.500. The van der Waals surface area contributed by atoms with Crippen molar-refractivity contribution in [3.05, 3.63) is 64.9 Å². The van der Waals surface area contributed by atoms with Crippen LogP contribution < -0.4 is 15.4 Å². The number of carbonyl (C=O) groups excluding carboxylic acids is 3. The van der Waals surface area contributed by atoms with Crippen LogP contribution in [0.1, 0.15) is 80.8 Å². The molecular weight excluding hydrogens is 553 g/mol. The number of ether oxygens (including phenoxy) is 1. The maximum atomic E-state index is 14.5. The van der Waals surface area contributed by atoms with E-state index in [-0.39, 0.29) is 11.8 Å². The summed E-state index contributed by atoms with van der Waals surface area (Å²) < 4.78 is 22.0. The van der Waals surface area contributed by atoms with E-state index in [9.17, 15) is 19.1 Å². The number of halogens is 1. The lowest BCUT2D eigenvalue weighted by molar-refractivity contribution is -0.109. The Bertz CT molecular complexity index is 1180. The quantitative estimate of drug-likeness (QED) is 0.170. The minimum atomic E-state index is -0.545. The second-order valence-corrected chi connectivity index (χ2v) is 9.86.